The Morgan fingerprint density at radius 2 is 2.04 bits per heavy atom. The third-order valence-corrected chi connectivity index (χ3v) is 5.53. The zero-order valence-corrected chi connectivity index (χ0v) is 15.7. The molecule has 0 spiro atoms. The average Bonchev–Trinajstić information content (AvgIpc) is 2.49. The largest absolute Gasteiger partial charge is 0.348 e. The van der Waals surface area contributed by atoms with Gasteiger partial charge in [0.25, 0.3) is 5.91 Å². The van der Waals surface area contributed by atoms with Crippen LogP contribution in [0.15, 0.2) is 24.3 Å². The van der Waals surface area contributed by atoms with Crippen LogP contribution in [0, 0.1) is 5.92 Å². The van der Waals surface area contributed by atoms with Crippen molar-refractivity contribution in [3.63, 3.8) is 0 Å². The first kappa shape index (κ1) is 20.7. The minimum atomic E-state index is -3.43. The summed E-state index contributed by atoms with van der Waals surface area (Å²) in [6, 6.07) is 6.75. The second-order valence-corrected chi connectivity index (χ2v) is 7.86. The quantitative estimate of drug-likeness (QED) is 0.709. The Kier molecular flexibility index (Phi) is 7.99. The van der Waals surface area contributed by atoms with Crippen LogP contribution in [0.4, 0.5) is 5.69 Å². The molecule has 1 aliphatic heterocycles. The maximum absolute atomic E-state index is 12.5. The molecule has 0 aromatic heterocycles. The molecule has 1 amide bonds. The lowest BCUT2D eigenvalue weighted by atomic mass is 9.94. The van der Waals surface area contributed by atoms with Crippen LogP contribution < -0.4 is 15.4 Å². The highest BCUT2D eigenvalue weighted by Crippen LogP contribution is 2.18. The zero-order chi connectivity index (χ0) is 16.9. The number of nitrogens with one attached hydrogen (secondary N) is 3. The molecule has 2 unspecified atom stereocenters. The third-order valence-electron chi connectivity index (χ3n) is 4.05. The highest BCUT2D eigenvalue weighted by Gasteiger charge is 2.24. The summed E-state index contributed by atoms with van der Waals surface area (Å²) < 4.78 is 26.4. The van der Waals surface area contributed by atoms with Crippen LogP contribution >= 0.6 is 12.4 Å². The normalized spacial score (nSPS) is 20.8. The highest BCUT2D eigenvalue weighted by atomic mass is 35.5. The molecule has 0 radical (unpaired) electrons. The molecule has 2 atom stereocenters. The van der Waals surface area contributed by atoms with Gasteiger partial charge in [-0.15, -0.1) is 12.4 Å². The Labute approximate surface area is 150 Å². The van der Waals surface area contributed by atoms with Gasteiger partial charge in [-0.3, -0.25) is 9.52 Å². The molecule has 1 aromatic carbocycles. The highest BCUT2D eigenvalue weighted by molar-refractivity contribution is 7.92. The van der Waals surface area contributed by atoms with Crippen LogP contribution in [0.1, 0.15) is 37.0 Å². The SMILES string of the molecule is CCCS(=O)(=O)Nc1ccccc1C(=O)NC1CNCCC1C.Cl. The number of hydrogen-bond donors (Lipinski definition) is 3. The van der Waals surface area contributed by atoms with Crippen LogP contribution in [-0.4, -0.2) is 39.2 Å². The average molecular weight is 376 g/mol. The van der Waals surface area contributed by atoms with Gasteiger partial charge in [-0.05, 0) is 37.4 Å². The number of para-hydroxylation sites is 1. The van der Waals surface area contributed by atoms with Gasteiger partial charge in [0.2, 0.25) is 10.0 Å². The number of rotatable bonds is 6. The fraction of sp³-hybridized carbons (Fsp3) is 0.562. The molecule has 1 heterocycles. The van der Waals surface area contributed by atoms with E-state index in [9.17, 15) is 13.2 Å². The van der Waals surface area contributed by atoms with E-state index in [2.05, 4.69) is 22.3 Å². The summed E-state index contributed by atoms with van der Waals surface area (Å²) in [5.74, 6) is 0.177. The molecular formula is C16H26ClN3O3S. The second-order valence-electron chi connectivity index (χ2n) is 6.02. The van der Waals surface area contributed by atoms with Crippen molar-refractivity contribution >= 4 is 34.0 Å². The number of carbonyl (C=O) groups excluding carboxylic acids is 1. The third kappa shape index (κ3) is 5.65. The van der Waals surface area contributed by atoms with Gasteiger partial charge in [-0.2, -0.15) is 0 Å². The maximum Gasteiger partial charge on any atom is 0.253 e. The fourth-order valence-corrected chi connectivity index (χ4v) is 3.84. The van der Waals surface area contributed by atoms with E-state index < -0.39 is 10.0 Å². The molecule has 1 aromatic rings. The number of halogens is 1. The van der Waals surface area contributed by atoms with Crippen molar-refractivity contribution in [1.29, 1.82) is 0 Å². The number of benzene rings is 1. The molecule has 1 fully saturated rings. The van der Waals surface area contributed by atoms with E-state index in [-0.39, 0.29) is 30.1 Å². The van der Waals surface area contributed by atoms with Crippen LogP contribution in [0.2, 0.25) is 0 Å². The van der Waals surface area contributed by atoms with E-state index in [1.165, 1.54) is 0 Å². The number of hydrogen-bond acceptors (Lipinski definition) is 4. The predicted octanol–water partition coefficient (Wildman–Crippen LogP) is 1.99. The summed E-state index contributed by atoms with van der Waals surface area (Å²) in [7, 11) is -3.43. The lowest BCUT2D eigenvalue weighted by molar-refractivity contribution is 0.0916. The smallest absolute Gasteiger partial charge is 0.253 e. The summed E-state index contributed by atoms with van der Waals surface area (Å²) in [6.45, 7) is 5.61. The van der Waals surface area contributed by atoms with Crippen molar-refractivity contribution in [2.75, 3.05) is 23.6 Å². The van der Waals surface area contributed by atoms with Crippen LogP contribution in [0.3, 0.4) is 0 Å². The lowest BCUT2D eigenvalue weighted by Crippen LogP contribution is -2.50. The Balaban J connectivity index is 0.00000288. The standard InChI is InChI=1S/C16H25N3O3S.ClH/c1-3-10-23(21,22)19-14-7-5-4-6-13(14)16(20)18-15-11-17-9-8-12(15)2;/h4-7,12,15,17,19H,3,8-11H2,1-2H3,(H,18,20);1H. The van der Waals surface area contributed by atoms with Gasteiger partial charge in [-0.25, -0.2) is 8.42 Å². The summed E-state index contributed by atoms with van der Waals surface area (Å²) in [4.78, 5) is 12.5. The van der Waals surface area contributed by atoms with Crippen molar-refractivity contribution in [2.24, 2.45) is 5.92 Å². The van der Waals surface area contributed by atoms with Gasteiger partial charge in [0.1, 0.15) is 0 Å². The lowest BCUT2D eigenvalue weighted by Gasteiger charge is -2.30. The van der Waals surface area contributed by atoms with Gasteiger partial charge in [0.05, 0.1) is 17.0 Å². The number of anilines is 1. The molecule has 0 saturated carbocycles. The molecule has 2 rings (SSSR count). The Morgan fingerprint density at radius 3 is 2.71 bits per heavy atom. The molecule has 3 N–H and O–H groups in total. The van der Waals surface area contributed by atoms with Crippen molar-refractivity contribution in [3.05, 3.63) is 29.8 Å². The van der Waals surface area contributed by atoms with E-state index in [4.69, 9.17) is 0 Å². The van der Waals surface area contributed by atoms with Crippen molar-refractivity contribution in [2.45, 2.75) is 32.7 Å². The first-order valence-electron chi connectivity index (χ1n) is 8.04. The summed E-state index contributed by atoms with van der Waals surface area (Å²) in [6.07, 6.45) is 1.53. The predicted molar refractivity (Wildman–Crippen MR) is 99.3 cm³/mol. The first-order valence-corrected chi connectivity index (χ1v) is 9.69. The van der Waals surface area contributed by atoms with E-state index in [1.54, 1.807) is 31.2 Å². The minimum Gasteiger partial charge on any atom is -0.348 e. The number of piperidine rings is 1. The minimum absolute atomic E-state index is 0. The maximum atomic E-state index is 12.5. The van der Waals surface area contributed by atoms with Gasteiger partial charge in [0.15, 0.2) is 0 Å². The van der Waals surface area contributed by atoms with Crippen molar-refractivity contribution < 1.29 is 13.2 Å². The van der Waals surface area contributed by atoms with Gasteiger partial charge < -0.3 is 10.6 Å². The number of amides is 1. The number of sulfonamides is 1. The summed E-state index contributed by atoms with van der Waals surface area (Å²) in [5, 5.41) is 6.27. The molecule has 6 nitrogen and oxygen atoms in total. The van der Waals surface area contributed by atoms with Crippen molar-refractivity contribution in [1.82, 2.24) is 10.6 Å². The van der Waals surface area contributed by atoms with Gasteiger partial charge in [-0.1, -0.05) is 26.0 Å². The monoisotopic (exact) mass is 375 g/mol. The van der Waals surface area contributed by atoms with E-state index in [0.29, 0.717) is 23.6 Å². The van der Waals surface area contributed by atoms with Crippen LogP contribution in [0.5, 0.6) is 0 Å². The van der Waals surface area contributed by atoms with E-state index >= 15 is 0 Å². The van der Waals surface area contributed by atoms with Gasteiger partial charge >= 0.3 is 0 Å². The molecular weight excluding hydrogens is 350 g/mol. The summed E-state index contributed by atoms with van der Waals surface area (Å²) in [5.41, 5.74) is 0.680. The Hall–Kier alpha value is -1.31. The molecule has 1 saturated heterocycles. The molecule has 0 aliphatic carbocycles. The van der Waals surface area contributed by atoms with E-state index in [1.807, 2.05) is 0 Å². The molecule has 24 heavy (non-hydrogen) atoms. The first-order chi connectivity index (χ1) is 10.9. The Morgan fingerprint density at radius 1 is 1.33 bits per heavy atom. The molecule has 1 aliphatic rings. The van der Waals surface area contributed by atoms with E-state index in [0.717, 1.165) is 19.5 Å². The van der Waals surface area contributed by atoms with Crippen molar-refractivity contribution in [3.8, 4) is 0 Å². The van der Waals surface area contributed by atoms with Crippen LogP contribution in [0.25, 0.3) is 0 Å². The molecule has 8 heteroatoms. The zero-order valence-electron chi connectivity index (χ0n) is 14.0. The van der Waals surface area contributed by atoms with Gasteiger partial charge in [0, 0.05) is 12.6 Å². The molecule has 136 valence electrons. The fourth-order valence-electron chi connectivity index (χ4n) is 2.69. The molecule has 0 bridgehead atoms. The van der Waals surface area contributed by atoms with Crippen LogP contribution in [-0.2, 0) is 10.0 Å². The summed E-state index contributed by atoms with van der Waals surface area (Å²) >= 11 is 0. The topological polar surface area (TPSA) is 87.3 Å². The Bertz CT molecular complexity index is 652. The second kappa shape index (κ2) is 9.25. The number of carbonyl (C=O) groups is 1.